The highest BCUT2D eigenvalue weighted by Crippen LogP contribution is 2.25. The third kappa shape index (κ3) is 6.50. The Hall–Kier alpha value is -3.68. The zero-order valence-electron chi connectivity index (χ0n) is 21.1. The second kappa shape index (κ2) is 12.3. The minimum atomic E-state index is -0.108. The van der Waals surface area contributed by atoms with Crippen molar-refractivity contribution in [2.24, 2.45) is 0 Å². The van der Waals surface area contributed by atoms with Crippen molar-refractivity contribution in [3.63, 3.8) is 0 Å². The molecule has 2 amide bonds. The van der Waals surface area contributed by atoms with E-state index in [2.05, 4.69) is 41.0 Å². The van der Waals surface area contributed by atoms with Gasteiger partial charge in [0.2, 0.25) is 5.91 Å². The molecule has 0 saturated carbocycles. The number of carbonyl (C=O) groups is 2. The van der Waals surface area contributed by atoms with Crippen LogP contribution in [0.3, 0.4) is 0 Å². The van der Waals surface area contributed by atoms with Gasteiger partial charge in [0.15, 0.2) is 0 Å². The molecule has 0 radical (unpaired) electrons. The molecular formula is C29H35N5O2. The van der Waals surface area contributed by atoms with E-state index in [-0.39, 0.29) is 24.9 Å². The second-order valence-electron chi connectivity index (χ2n) is 9.11. The number of nitrogens with one attached hydrogen (secondary N) is 2. The fourth-order valence-electron chi connectivity index (χ4n) is 4.52. The van der Waals surface area contributed by atoms with Gasteiger partial charge in [-0.05, 0) is 41.8 Å². The first-order valence-corrected chi connectivity index (χ1v) is 12.4. The van der Waals surface area contributed by atoms with Crippen LogP contribution in [0.5, 0.6) is 0 Å². The van der Waals surface area contributed by atoms with Gasteiger partial charge in [0.25, 0.3) is 5.91 Å². The second-order valence-corrected chi connectivity index (χ2v) is 9.11. The summed E-state index contributed by atoms with van der Waals surface area (Å²) in [7, 11) is 3.67. The Morgan fingerprint density at radius 3 is 2.17 bits per heavy atom. The van der Waals surface area contributed by atoms with E-state index in [0.29, 0.717) is 26.2 Å². The van der Waals surface area contributed by atoms with Crippen LogP contribution in [0.1, 0.15) is 22.3 Å². The third-order valence-electron chi connectivity index (χ3n) is 6.54. The first-order valence-electron chi connectivity index (χ1n) is 12.4. The van der Waals surface area contributed by atoms with E-state index in [1.807, 2.05) is 72.5 Å². The molecule has 1 heterocycles. The topological polar surface area (TPSA) is 67.9 Å². The molecule has 0 bridgehead atoms. The van der Waals surface area contributed by atoms with Crippen LogP contribution in [0.4, 0.5) is 5.69 Å². The summed E-state index contributed by atoms with van der Waals surface area (Å²) >= 11 is 0. The highest BCUT2D eigenvalue weighted by atomic mass is 16.2. The number of para-hydroxylation sites is 1. The molecule has 1 aliphatic heterocycles. The van der Waals surface area contributed by atoms with Crippen molar-refractivity contribution >= 4 is 17.5 Å². The van der Waals surface area contributed by atoms with E-state index in [1.165, 1.54) is 16.7 Å². The monoisotopic (exact) mass is 485 g/mol. The third-order valence-corrected chi connectivity index (χ3v) is 6.54. The Balaban J connectivity index is 1.52. The number of hydrogen-bond donors (Lipinski definition) is 2. The largest absolute Gasteiger partial charge is 0.353 e. The molecule has 36 heavy (non-hydrogen) atoms. The van der Waals surface area contributed by atoms with E-state index >= 15 is 0 Å². The zero-order valence-corrected chi connectivity index (χ0v) is 21.1. The van der Waals surface area contributed by atoms with Crippen molar-refractivity contribution in [1.29, 1.82) is 0 Å². The number of rotatable bonds is 11. The lowest BCUT2D eigenvalue weighted by atomic mass is 10.0. The normalized spacial score (nSPS) is 12.7. The smallest absolute Gasteiger partial charge is 0.256 e. The van der Waals surface area contributed by atoms with Crippen molar-refractivity contribution in [1.82, 2.24) is 20.7 Å². The fraction of sp³-hybridized carbons (Fsp3) is 0.310. The van der Waals surface area contributed by atoms with Crippen LogP contribution >= 0.6 is 0 Å². The average Bonchev–Trinajstić information content (AvgIpc) is 3.33. The van der Waals surface area contributed by atoms with Crippen molar-refractivity contribution in [3.8, 4) is 0 Å². The number of benzene rings is 3. The number of carbonyl (C=O) groups excluding carboxylic acids is 2. The molecule has 3 aromatic rings. The molecule has 188 valence electrons. The molecule has 0 unspecified atom stereocenters. The number of anilines is 1. The first-order chi connectivity index (χ1) is 17.5. The van der Waals surface area contributed by atoms with E-state index in [0.717, 1.165) is 17.7 Å². The van der Waals surface area contributed by atoms with Gasteiger partial charge in [-0.25, -0.2) is 5.01 Å². The molecule has 4 rings (SSSR count). The zero-order chi connectivity index (χ0) is 25.3. The Morgan fingerprint density at radius 2 is 1.47 bits per heavy atom. The number of likely N-dealkylation sites (N-methyl/N-ethyl adjacent to an activating group) is 2. The maximum atomic E-state index is 13.5. The minimum Gasteiger partial charge on any atom is -0.353 e. The number of fused-ring (bicyclic) bond motifs is 1. The minimum absolute atomic E-state index is 0.0552. The van der Waals surface area contributed by atoms with E-state index in [4.69, 9.17) is 0 Å². The van der Waals surface area contributed by atoms with Gasteiger partial charge in [-0.2, -0.15) is 0 Å². The molecule has 0 saturated heterocycles. The molecule has 7 nitrogen and oxygen atoms in total. The Morgan fingerprint density at radius 1 is 0.833 bits per heavy atom. The summed E-state index contributed by atoms with van der Waals surface area (Å²) in [4.78, 5) is 28.2. The lowest BCUT2D eigenvalue weighted by Crippen LogP contribution is -2.48. The van der Waals surface area contributed by atoms with Crippen molar-refractivity contribution in [2.75, 3.05) is 45.2 Å². The summed E-state index contributed by atoms with van der Waals surface area (Å²) in [6, 6.07) is 26.5. The number of nitrogens with zero attached hydrogens (tertiary/aromatic N) is 3. The summed E-state index contributed by atoms with van der Waals surface area (Å²) in [6.45, 7) is 2.84. The van der Waals surface area contributed by atoms with Crippen LogP contribution in [0.2, 0.25) is 0 Å². The highest BCUT2D eigenvalue weighted by molar-refractivity contribution is 5.86. The van der Waals surface area contributed by atoms with Gasteiger partial charge in [-0.3, -0.25) is 14.6 Å². The number of hydrazine groups is 1. The number of hydrogen-bond acceptors (Lipinski definition) is 5. The quantitative estimate of drug-likeness (QED) is 0.409. The van der Waals surface area contributed by atoms with Gasteiger partial charge in [0, 0.05) is 38.9 Å². The van der Waals surface area contributed by atoms with Crippen molar-refractivity contribution in [3.05, 3.63) is 101 Å². The summed E-state index contributed by atoms with van der Waals surface area (Å²) in [5.74, 6) is -0.163. The van der Waals surface area contributed by atoms with Gasteiger partial charge < -0.3 is 15.5 Å². The lowest BCUT2D eigenvalue weighted by Gasteiger charge is -2.32. The first kappa shape index (κ1) is 25.4. The summed E-state index contributed by atoms with van der Waals surface area (Å²) in [6.07, 6.45) is 0.723. The molecule has 2 N–H and O–H groups in total. The predicted octanol–water partition coefficient (Wildman–Crippen LogP) is 2.81. The fourth-order valence-corrected chi connectivity index (χ4v) is 4.52. The van der Waals surface area contributed by atoms with Gasteiger partial charge in [0.05, 0.1) is 13.1 Å². The molecule has 1 aliphatic rings. The molecule has 0 fully saturated rings. The van der Waals surface area contributed by atoms with Gasteiger partial charge >= 0.3 is 0 Å². The Bertz CT molecular complexity index is 1140. The van der Waals surface area contributed by atoms with E-state index < -0.39 is 0 Å². The van der Waals surface area contributed by atoms with Crippen LogP contribution in [0.25, 0.3) is 0 Å². The molecule has 0 spiro atoms. The molecule has 0 aromatic heterocycles. The summed E-state index contributed by atoms with van der Waals surface area (Å²) in [5, 5.41) is 9.73. The Labute approximate surface area is 213 Å². The molecule has 7 heteroatoms. The van der Waals surface area contributed by atoms with Crippen LogP contribution in [0, 0.1) is 0 Å². The highest BCUT2D eigenvalue weighted by Gasteiger charge is 2.27. The van der Waals surface area contributed by atoms with Gasteiger partial charge in [-0.1, -0.05) is 72.8 Å². The Kier molecular flexibility index (Phi) is 8.71. The maximum Gasteiger partial charge on any atom is 0.256 e. The molecule has 0 atom stereocenters. The number of amides is 2. The van der Waals surface area contributed by atoms with Crippen molar-refractivity contribution < 1.29 is 9.59 Å². The standard InChI is InChI=1S/C29H35N5O2/c1-30-16-17-31-28(35)21-33(27-15-9-8-12-24(27)18-23-10-4-3-5-11-23)22-29(36)32(2)34-19-25-13-6-7-14-26(25)20-34/h3-15,30H,16-22H2,1-2H3,(H,31,35). The van der Waals surface area contributed by atoms with E-state index in [1.54, 1.807) is 5.01 Å². The SMILES string of the molecule is CNCCNC(=O)CN(CC(=O)N(C)N1Cc2ccccc2C1)c1ccccc1Cc1ccccc1. The summed E-state index contributed by atoms with van der Waals surface area (Å²) in [5.41, 5.74) is 5.64. The average molecular weight is 486 g/mol. The van der Waals surface area contributed by atoms with Crippen LogP contribution < -0.4 is 15.5 Å². The predicted molar refractivity (Wildman–Crippen MR) is 143 cm³/mol. The maximum absolute atomic E-state index is 13.5. The van der Waals surface area contributed by atoms with Crippen molar-refractivity contribution in [2.45, 2.75) is 19.5 Å². The summed E-state index contributed by atoms with van der Waals surface area (Å²) < 4.78 is 0. The van der Waals surface area contributed by atoms with E-state index in [9.17, 15) is 9.59 Å². The molecule has 0 aliphatic carbocycles. The van der Waals surface area contributed by atoms with Gasteiger partial charge in [0.1, 0.15) is 0 Å². The van der Waals surface area contributed by atoms with Crippen LogP contribution in [0.15, 0.2) is 78.9 Å². The molecule has 3 aromatic carbocycles. The lowest BCUT2D eigenvalue weighted by molar-refractivity contribution is -0.145. The van der Waals surface area contributed by atoms with Crippen LogP contribution in [-0.4, -0.2) is 62.1 Å². The van der Waals surface area contributed by atoms with Crippen LogP contribution in [-0.2, 0) is 29.1 Å². The van der Waals surface area contributed by atoms with Gasteiger partial charge in [-0.15, -0.1) is 0 Å². The molecular weight excluding hydrogens is 450 g/mol.